The Morgan fingerprint density at radius 2 is 2.00 bits per heavy atom. The molecule has 0 aromatic heterocycles. The first kappa shape index (κ1) is 13.5. The third kappa shape index (κ3) is 3.75. The van der Waals surface area contributed by atoms with Crippen LogP contribution in [0.2, 0.25) is 0 Å². The molecule has 1 saturated heterocycles. The van der Waals surface area contributed by atoms with Crippen molar-refractivity contribution in [2.75, 3.05) is 13.1 Å². The third-order valence-corrected chi connectivity index (χ3v) is 3.51. The van der Waals surface area contributed by atoms with Crippen LogP contribution in [0, 0.1) is 25.2 Å². The van der Waals surface area contributed by atoms with Crippen molar-refractivity contribution in [1.29, 1.82) is 0 Å². The number of piperidine rings is 1. The Kier molecular flexibility index (Phi) is 4.46. The Morgan fingerprint density at radius 3 is 2.58 bits per heavy atom. The lowest BCUT2D eigenvalue weighted by molar-refractivity contribution is 0.131. The Labute approximate surface area is 114 Å². The fraction of sp³-hybridized carbons (Fsp3) is 0.438. The molecule has 0 spiro atoms. The Balaban J connectivity index is 1.85. The molecule has 1 aromatic carbocycles. The van der Waals surface area contributed by atoms with Crippen LogP contribution < -0.4 is 4.74 Å². The average Bonchev–Trinajstić information content (AvgIpc) is 2.42. The van der Waals surface area contributed by atoms with E-state index in [1.54, 1.807) is 4.90 Å². The molecule has 3 nitrogen and oxygen atoms in total. The summed E-state index contributed by atoms with van der Waals surface area (Å²) in [6, 6.07) is 7.50. The van der Waals surface area contributed by atoms with Crippen molar-refractivity contribution in [3.8, 4) is 18.1 Å². The van der Waals surface area contributed by atoms with Crippen LogP contribution in [0.3, 0.4) is 0 Å². The van der Waals surface area contributed by atoms with Gasteiger partial charge in [-0.3, -0.25) is 0 Å². The molecule has 0 unspecified atom stereocenters. The maximum Gasteiger partial charge on any atom is 0.415 e. The van der Waals surface area contributed by atoms with Crippen molar-refractivity contribution < 1.29 is 9.53 Å². The molecule has 0 N–H and O–H groups in total. The molecule has 1 aromatic rings. The van der Waals surface area contributed by atoms with Crippen molar-refractivity contribution in [1.82, 2.24) is 4.90 Å². The van der Waals surface area contributed by atoms with Gasteiger partial charge in [-0.25, -0.2) is 4.79 Å². The quantitative estimate of drug-likeness (QED) is 0.761. The van der Waals surface area contributed by atoms with Gasteiger partial charge < -0.3 is 9.64 Å². The van der Waals surface area contributed by atoms with Crippen molar-refractivity contribution in [3.05, 3.63) is 29.8 Å². The second kappa shape index (κ2) is 6.29. The van der Waals surface area contributed by atoms with Gasteiger partial charge >= 0.3 is 6.09 Å². The zero-order chi connectivity index (χ0) is 13.7. The van der Waals surface area contributed by atoms with E-state index in [0.717, 1.165) is 37.9 Å². The number of rotatable bonds is 2. The molecule has 0 bridgehead atoms. The maximum atomic E-state index is 12.0. The molecular weight excluding hydrogens is 238 g/mol. The van der Waals surface area contributed by atoms with Crippen LogP contribution in [0.15, 0.2) is 24.3 Å². The summed E-state index contributed by atoms with van der Waals surface area (Å²) in [6.45, 7) is 3.47. The Morgan fingerprint density at radius 1 is 1.37 bits per heavy atom. The molecule has 0 radical (unpaired) electrons. The van der Waals surface area contributed by atoms with E-state index >= 15 is 0 Å². The van der Waals surface area contributed by atoms with Crippen LogP contribution in [0.4, 0.5) is 4.79 Å². The van der Waals surface area contributed by atoms with E-state index in [9.17, 15) is 4.79 Å². The van der Waals surface area contributed by atoms with Gasteiger partial charge in [0.25, 0.3) is 0 Å². The molecule has 100 valence electrons. The molecule has 1 fully saturated rings. The summed E-state index contributed by atoms with van der Waals surface area (Å²) >= 11 is 0. The number of aryl methyl sites for hydroxylation is 1. The van der Waals surface area contributed by atoms with Gasteiger partial charge in [0.05, 0.1) is 0 Å². The lowest BCUT2D eigenvalue weighted by Crippen LogP contribution is -2.40. The van der Waals surface area contributed by atoms with E-state index in [1.165, 1.54) is 0 Å². The molecule has 1 aliphatic rings. The highest BCUT2D eigenvalue weighted by atomic mass is 16.6. The van der Waals surface area contributed by atoms with Gasteiger partial charge in [-0.05, 0) is 37.8 Å². The number of hydrogen-bond acceptors (Lipinski definition) is 2. The van der Waals surface area contributed by atoms with Crippen molar-refractivity contribution >= 4 is 6.09 Å². The molecule has 0 saturated carbocycles. The van der Waals surface area contributed by atoms with E-state index in [2.05, 4.69) is 5.92 Å². The molecule has 1 aliphatic heterocycles. The van der Waals surface area contributed by atoms with Crippen LogP contribution in [-0.2, 0) is 0 Å². The Hall–Kier alpha value is -1.95. The number of likely N-dealkylation sites (tertiary alicyclic amines) is 1. The monoisotopic (exact) mass is 257 g/mol. The molecule has 1 amide bonds. The number of carbonyl (C=O) groups is 1. The predicted molar refractivity (Wildman–Crippen MR) is 75.0 cm³/mol. The smallest absolute Gasteiger partial charge is 0.410 e. The zero-order valence-corrected chi connectivity index (χ0v) is 11.3. The number of ether oxygens (including phenoxy) is 1. The number of nitrogens with zero attached hydrogens (tertiary/aromatic N) is 1. The molecule has 2 rings (SSSR count). The maximum absolute atomic E-state index is 12.0. The first-order chi connectivity index (χ1) is 9.19. The third-order valence-electron chi connectivity index (χ3n) is 3.51. The lowest BCUT2D eigenvalue weighted by Gasteiger charge is -2.30. The first-order valence-corrected chi connectivity index (χ1v) is 6.66. The number of hydrogen-bond donors (Lipinski definition) is 0. The fourth-order valence-corrected chi connectivity index (χ4v) is 2.26. The van der Waals surface area contributed by atoms with E-state index in [-0.39, 0.29) is 6.09 Å². The summed E-state index contributed by atoms with van der Waals surface area (Å²) < 4.78 is 5.35. The summed E-state index contributed by atoms with van der Waals surface area (Å²) in [5.74, 6) is 3.84. The molecule has 19 heavy (non-hydrogen) atoms. The summed E-state index contributed by atoms with van der Waals surface area (Å²) in [5.41, 5.74) is 1.15. The van der Waals surface area contributed by atoms with E-state index in [4.69, 9.17) is 11.2 Å². The SMILES string of the molecule is C#CCC1CCN(C(=O)Oc2ccc(C)cc2)CC1. The number of benzene rings is 1. The van der Waals surface area contributed by atoms with Crippen LogP contribution >= 0.6 is 0 Å². The zero-order valence-electron chi connectivity index (χ0n) is 11.3. The van der Waals surface area contributed by atoms with Gasteiger partial charge in [-0.15, -0.1) is 12.3 Å². The highest BCUT2D eigenvalue weighted by Gasteiger charge is 2.23. The normalized spacial score (nSPS) is 15.9. The van der Waals surface area contributed by atoms with Crippen LogP contribution in [0.25, 0.3) is 0 Å². The predicted octanol–water partition coefficient (Wildman–Crippen LogP) is 3.23. The summed E-state index contributed by atoms with van der Waals surface area (Å²) in [7, 11) is 0. The summed E-state index contributed by atoms with van der Waals surface area (Å²) in [5, 5.41) is 0. The van der Waals surface area contributed by atoms with E-state index < -0.39 is 0 Å². The topological polar surface area (TPSA) is 29.5 Å². The highest BCUT2D eigenvalue weighted by Crippen LogP contribution is 2.21. The fourth-order valence-electron chi connectivity index (χ4n) is 2.26. The minimum absolute atomic E-state index is 0.261. The van der Waals surface area contributed by atoms with Crippen LogP contribution in [0.1, 0.15) is 24.8 Å². The first-order valence-electron chi connectivity index (χ1n) is 6.66. The van der Waals surface area contributed by atoms with E-state index in [1.807, 2.05) is 31.2 Å². The van der Waals surface area contributed by atoms with Crippen molar-refractivity contribution in [2.45, 2.75) is 26.2 Å². The molecule has 0 atom stereocenters. The lowest BCUT2D eigenvalue weighted by atomic mass is 9.94. The molecule has 3 heteroatoms. The molecule has 1 heterocycles. The second-order valence-electron chi connectivity index (χ2n) is 5.02. The molecule has 0 aliphatic carbocycles. The van der Waals surface area contributed by atoms with Gasteiger partial charge in [0.15, 0.2) is 0 Å². The summed E-state index contributed by atoms with van der Waals surface area (Å²) in [6.07, 6.45) is 7.79. The largest absolute Gasteiger partial charge is 0.415 e. The van der Waals surface area contributed by atoms with Gasteiger partial charge in [0.1, 0.15) is 5.75 Å². The van der Waals surface area contributed by atoms with Gasteiger partial charge in [-0.1, -0.05) is 17.7 Å². The second-order valence-corrected chi connectivity index (χ2v) is 5.02. The van der Waals surface area contributed by atoms with E-state index in [0.29, 0.717) is 11.7 Å². The average molecular weight is 257 g/mol. The molecular formula is C16H19NO2. The van der Waals surface area contributed by atoms with Gasteiger partial charge in [0.2, 0.25) is 0 Å². The van der Waals surface area contributed by atoms with Gasteiger partial charge in [-0.2, -0.15) is 0 Å². The van der Waals surface area contributed by atoms with Crippen molar-refractivity contribution in [2.24, 2.45) is 5.92 Å². The Bertz CT molecular complexity index is 465. The summed E-state index contributed by atoms with van der Waals surface area (Å²) in [4.78, 5) is 13.7. The number of carbonyl (C=O) groups excluding carboxylic acids is 1. The van der Waals surface area contributed by atoms with Crippen LogP contribution in [0.5, 0.6) is 5.75 Å². The number of amides is 1. The minimum Gasteiger partial charge on any atom is -0.410 e. The van der Waals surface area contributed by atoms with Crippen molar-refractivity contribution in [3.63, 3.8) is 0 Å². The highest BCUT2D eigenvalue weighted by molar-refractivity contribution is 5.70. The standard InChI is InChI=1S/C16H19NO2/c1-3-4-14-9-11-17(12-10-14)16(18)19-15-7-5-13(2)6-8-15/h1,5-8,14H,4,9-12H2,2H3. The van der Waals surface area contributed by atoms with Crippen LogP contribution in [-0.4, -0.2) is 24.1 Å². The minimum atomic E-state index is -0.261. The van der Waals surface area contributed by atoms with Gasteiger partial charge in [0, 0.05) is 19.5 Å². The number of terminal acetylenes is 1.